The Balaban J connectivity index is 2.03. The van der Waals surface area contributed by atoms with E-state index in [9.17, 15) is 0 Å². The van der Waals surface area contributed by atoms with E-state index < -0.39 is 0 Å². The molecule has 0 fully saturated rings. The van der Waals surface area contributed by atoms with Crippen LogP contribution >= 0.6 is 28.1 Å². The van der Waals surface area contributed by atoms with Crippen LogP contribution in [-0.2, 0) is 0 Å². The normalized spacial score (nSPS) is 10.1. The van der Waals surface area contributed by atoms with E-state index in [0.29, 0.717) is 5.11 Å². The van der Waals surface area contributed by atoms with Crippen molar-refractivity contribution in [1.82, 2.24) is 0 Å². The zero-order valence-electron chi connectivity index (χ0n) is 10.8. The number of hydrogen-bond acceptors (Lipinski definition) is 1. The monoisotopic (exact) mass is 334 g/mol. The first-order valence-corrected chi connectivity index (χ1v) is 7.15. The Labute approximate surface area is 127 Å². The fourth-order valence-electron chi connectivity index (χ4n) is 1.69. The van der Waals surface area contributed by atoms with Crippen LogP contribution in [0.2, 0.25) is 0 Å². The summed E-state index contributed by atoms with van der Waals surface area (Å²) in [6.45, 7) is 4.10. The number of nitrogens with one attached hydrogen (secondary N) is 2. The predicted molar refractivity (Wildman–Crippen MR) is 89.9 cm³/mol. The molecule has 98 valence electrons. The molecule has 2 nitrogen and oxygen atoms in total. The molecular weight excluding hydrogens is 320 g/mol. The smallest absolute Gasteiger partial charge is 0.175 e. The molecule has 0 aliphatic heterocycles. The van der Waals surface area contributed by atoms with Crippen LogP contribution in [0, 0.1) is 13.8 Å². The molecule has 0 aromatic heterocycles. The largest absolute Gasteiger partial charge is 0.332 e. The Hall–Kier alpha value is -1.39. The highest BCUT2D eigenvalue weighted by atomic mass is 79.9. The van der Waals surface area contributed by atoms with Crippen LogP contribution in [0.5, 0.6) is 0 Å². The summed E-state index contributed by atoms with van der Waals surface area (Å²) in [7, 11) is 0. The van der Waals surface area contributed by atoms with Crippen molar-refractivity contribution in [3.05, 3.63) is 58.1 Å². The standard InChI is InChI=1S/C15H15BrN2S/c1-10-3-6-13(7-4-10)17-15(19)18-14-8-5-12(16)9-11(14)2/h3-9H,1-2H3,(H2,17,18,19). The van der Waals surface area contributed by atoms with Crippen molar-refractivity contribution in [2.45, 2.75) is 13.8 Å². The number of hydrogen-bond donors (Lipinski definition) is 2. The van der Waals surface area contributed by atoms with Gasteiger partial charge in [0.15, 0.2) is 5.11 Å². The average molecular weight is 335 g/mol. The molecule has 19 heavy (non-hydrogen) atoms. The lowest BCUT2D eigenvalue weighted by Gasteiger charge is -2.13. The number of aryl methyl sites for hydroxylation is 2. The Kier molecular flexibility index (Phi) is 4.56. The van der Waals surface area contributed by atoms with E-state index in [-0.39, 0.29) is 0 Å². The first-order chi connectivity index (χ1) is 9.04. The van der Waals surface area contributed by atoms with Crippen LogP contribution < -0.4 is 10.6 Å². The van der Waals surface area contributed by atoms with Crippen molar-refractivity contribution in [2.75, 3.05) is 10.6 Å². The third-order valence-corrected chi connectivity index (χ3v) is 3.44. The van der Waals surface area contributed by atoms with Gasteiger partial charge in [-0.3, -0.25) is 0 Å². The molecule has 2 aromatic carbocycles. The molecule has 0 spiro atoms. The maximum Gasteiger partial charge on any atom is 0.175 e. The Morgan fingerprint density at radius 3 is 2.32 bits per heavy atom. The molecule has 0 aliphatic carbocycles. The molecule has 0 radical (unpaired) electrons. The molecule has 4 heteroatoms. The number of benzene rings is 2. The second kappa shape index (κ2) is 6.17. The molecule has 0 saturated heterocycles. The van der Waals surface area contributed by atoms with Crippen LogP contribution in [0.25, 0.3) is 0 Å². The van der Waals surface area contributed by atoms with Gasteiger partial charge in [0.1, 0.15) is 0 Å². The van der Waals surface area contributed by atoms with Gasteiger partial charge in [-0.2, -0.15) is 0 Å². The second-order valence-corrected chi connectivity index (χ2v) is 5.73. The third-order valence-electron chi connectivity index (χ3n) is 2.75. The van der Waals surface area contributed by atoms with Crippen LogP contribution in [0.1, 0.15) is 11.1 Å². The molecule has 0 unspecified atom stereocenters. The minimum atomic E-state index is 0.592. The first kappa shape index (κ1) is 14.0. The van der Waals surface area contributed by atoms with Gasteiger partial charge in [0, 0.05) is 15.8 Å². The van der Waals surface area contributed by atoms with Crippen molar-refractivity contribution >= 4 is 44.6 Å². The van der Waals surface area contributed by atoms with Gasteiger partial charge in [-0.25, -0.2) is 0 Å². The highest BCUT2D eigenvalue weighted by Crippen LogP contribution is 2.20. The first-order valence-electron chi connectivity index (χ1n) is 5.95. The maximum absolute atomic E-state index is 5.31. The van der Waals surface area contributed by atoms with Gasteiger partial charge < -0.3 is 10.6 Å². The van der Waals surface area contributed by atoms with E-state index in [2.05, 4.69) is 51.7 Å². The van der Waals surface area contributed by atoms with E-state index in [1.54, 1.807) is 0 Å². The van der Waals surface area contributed by atoms with E-state index in [4.69, 9.17) is 12.2 Å². The summed E-state index contributed by atoms with van der Waals surface area (Å²) in [6, 6.07) is 14.2. The summed E-state index contributed by atoms with van der Waals surface area (Å²) in [5.74, 6) is 0. The van der Waals surface area contributed by atoms with E-state index in [1.807, 2.05) is 31.2 Å². The van der Waals surface area contributed by atoms with Gasteiger partial charge in [-0.05, 0) is 62.0 Å². The number of rotatable bonds is 2. The number of halogens is 1. The Bertz CT molecular complexity index is 594. The lowest BCUT2D eigenvalue weighted by Crippen LogP contribution is -2.19. The van der Waals surface area contributed by atoms with Gasteiger partial charge in [-0.15, -0.1) is 0 Å². The highest BCUT2D eigenvalue weighted by molar-refractivity contribution is 9.10. The minimum Gasteiger partial charge on any atom is -0.332 e. The molecule has 0 aliphatic rings. The quantitative estimate of drug-likeness (QED) is 0.765. The molecular formula is C15H15BrN2S. The van der Waals surface area contributed by atoms with Gasteiger partial charge in [0.05, 0.1) is 0 Å². The van der Waals surface area contributed by atoms with Gasteiger partial charge in [-0.1, -0.05) is 33.6 Å². The molecule has 2 rings (SSSR count). The predicted octanol–water partition coefficient (Wildman–Crippen LogP) is 4.87. The third kappa shape index (κ3) is 4.04. The topological polar surface area (TPSA) is 24.1 Å². The summed E-state index contributed by atoms with van der Waals surface area (Å²) < 4.78 is 1.06. The van der Waals surface area contributed by atoms with Gasteiger partial charge in [0.2, 0.25) is 0 Å². The molecule has 0 amide bonds. The summed E-state index contributed by atoms with van der Waals surface area (Å²) in [5.41, 5.74) is 4.36. The molecule has 2 N–H and O–H groups in total. The highest BCUT2D eigenvalue weighted by Gasteiger charge is 2.02. The summed E-state index contributed by atoms with van der Waals surface area (Å²) in [5, 5.41) is 6.96. The molecule has 0 saturated carbocycles. The van der Waals surface area contributed by atoms with Crippen molar-refractivity contribution in [2.24, 2.45) is 0 Å². The Morgan fingerprint density at radius 1 is 1.00 bits per heavy atom. The van der Waals surface area contributed by atoms with Crippen molar-refractivity contribution in [3.63, 3.8) is 0 Å². The maximum atomic E-state index is 5.31. The van der Waals surface area contributed by atoms with E-state index in [0.717, 1.165) is 21.4 Å². The van der Waals surface area contributed by atoms with Crippen LogP contribution in [0.15, 0.2) is 46.9 Å². The summed E-state index contributed by atoms with van der Waals surface area (Å²) in [6.07, 6.45) is 0. The van der Waals surface area contributed by atoms with E-state index in [1.165, 1.54) is 5.56 Å². The lowest BCUT2D eigenvalue weighted by molar-refractivity contribution is 1.43. The van der Waals surface area contributed by atoms with Crippen molar-refractivity contribution in [3.8, 4) is 0 Å². The van der Waals surface area contributed by atoms with Crippen LogP contribution in [-0.4, -0.2) is 5.11 Å². The fourth-order valence-corrected chi connectivity index (χ4v) is 2.39. The molecule has 2 aromatic rings. The average Bonchev–Trinajstić information content (AvgIpc) is 2.36. The number of thiocarbonyl (C=S) groups is 1. The minimum absolute atomic E-state index is 0.592. The number of anilines is 2. The van der Waals surface area contributed by atoms with Crippen molar-refractivity contribution in [1.29, 1.82) is 0 Å². The summed E-state index contributed by atoms with van der Waals surface area (Å²) in [4.78, 5) is 0. The molecule has 0 bridgehead atoms. The Morgan fingerprint density at radius 2 is 1.68 bits per heavy atom. The molecule has 0 atom stereocenters. The zero-order chi connectivity index (χ0) is 13.8. The second-order valence-electron chi connectivity index (χ2n) is 4.40. The molecule has 0 heterocycles. The summed E-state index contributed by atoms with van der Waals surface area (Å²) >= 11 is 8.76. The van der Waals surface area contributed by atoms with Gasteiger partial charge >= 0.3 is 0 Å². The lowest BCUT2D eigenvalue weighted by atomic mass is 10.2. The van der Waals surface area contributed by atoms with E-state index >= 15 is 0 Å². The fraction of sp³-hybridized carbons (Fsp3) is 0.133. The van der Waals surface area contributed by atoms with Gasteiger partial charge in [0.25, 0.3) is 0 Å². The van der Waals surface area contributed by atoms with Crippen molar-refractivity contribution < 1.29 is 0 Å². The van der Waals surface area contributed by atoms with Crippen LogP contribution in [0.3, 0.4) is 0 Å². The SMILES string of the molecule is Cc1ccc(NC(=S)Nc2ccc(Br)cc2C)cc1. The zero-order valence-corrected chi connectivity index (χ0v) is 13.2. The van der Waals surface area contributed by atoms with Crippen LogP contribution in [0.4, 0.5) is 11.4 Å².